The summed E-state index contributed by atoms with van der Waals surface area (Å²) in [6.07, 6.45) is 1.65. The predicted molar refractivity (Wildman–Crippen MR) is 109 cm³/mol. The Balaban J connectivity index is 1.56. The third-order valence-corrected chi connectivity index (χ3v) is 5.53. The number of nitrogens with zero attached hydrogens (tertiary/aromatic N) is 3. The van der Waals surface area contributed by atoms with E-state index in [1.165, 1.54) is 18.2 Å². The number of aryl methyl sites for hydroxylation is 1. The summed E-state index contributed by atoms with van der Waals surface area (Å²) >= 11 is 0. The van der Waals surface area contributed by atoms with E-state index in [1.807, 2.05) is 18.2 Å². The molecule has 4 rings (SSSR count). The Labute approximate surface area is 172 Å². The summed E-state index contributed by atoms with van der Waals surface area (Å²) in [6, 6.07) is 11.3. The van der Waals surface area contributed by atoms with Crippen molar-refractivity contribution in [3.05, 3.63) is 71.3 Å². The minimum absolute atomic E-state index is 0.159. The first-order valence-electron chi connectivity index (χ1n) is 9.61. The SMILES string of the molecule is Cc1cc(NCC2(c3ccccn3)CC(F)C2)nnc1-c1cc(C(N)=O)ccc1F. The van der Waals surface area contributed by atoms with Crippen molar-refractivity contribution >= 4 is 11.7 Å². The van der Waals surface area contributed by atoms with Gasteiger partial charge in [0.1, 0.15) is 17.8 Å². The third-order valence-electron chi connectivity index (χ3n) is 5.53. The van der Waals surface area contributed by atoms with Crippen molar-refractivity contribution < 1.29 is 13.6 Å². The average molecular weight is 409 g/mol. The Morgan fingerprint density at radius 3 is 2.67 bits per heavy atom. The van der Waals surface area contributed by atoms with E-state index in [1.54, 1.807) is 19.2 Å². The zero-order valence-electron chi connectivity index (χ0n) is 16.4. The van der Waals surface area contributed by atoms with Crippen LogP contribution in [-0.4, -0.2) is 33.8 Å². The van der Waals surface area contributed by atoms with Crippen LogP contribution in [0.3, 0.4) is 0 Å². The Kier molecular flexibility index (Phi) is 5.15. The second kappa shape index (κ2) is 7.78. The van der Waals surface area contributed by atoms with Gasteiger partial charge in [-0.15, -0.1) is 10.2 Å². The molecular weight excluding hydrogens is 388 g/mol. The summed E-state index contributed by atoms with van der Waals surface area (Å²) in [5.41, 5.74) is 7.10. The number of alkyl halides is 1. The summed E-state index contributed by atoms with van der Waals surface area (Å²) in [6.45, 7) is 2.24. The summed E-state index contributed by atoms with van der Waals surface area (Å²) in [5.74, 6) is -0.664. The van der Waals surface area contributed by atoms with Crippen LogP contribution in [0.5, 0.6) is 0 Å². The fraction of sp³-hybridized carbons (Fsp3) is 0.273. The lowest BCUT2D eigenvalue weighted by molar-refractivity contribution is 0.0993. The molecule has 2 heterocycles. The largest absolute Gasteiger partial charge is 0.368 e. The van der Waals surface area contributed by atoms with Gasteiger partial charge in [0.25, 0.3) is 0 Å². The van der Waals surface area contributed by atoms with Crippen molar-refractivity contribution in [1.82, 2.24) is 15.2 Å². The van der Waals surface area contributed by atoms with E-state index in [-0.39, 0.29) is 11.1 Å². The summed E-state index contributed by atoms with van der Waals surface area (Å²) in [4.78, 5) is 15.8. The molecule has 1 aliphatic rings. The van der Waals surface area contributed by atoms with Gasteiger partial charge in [0.05, 0.1) is 5.69 Å². The van der Waals surface area contributed by atoms with Crippen LogP contribution < -0.4 is 11.1 Å². The van der Waals surface area contributed by atoms with E-state index < -0.39 is 23.3 Å². The van der Waals surface area contributed by atoms with Gasteiger partial charge < -0.3 is 11.1 Å². The van der Waals surface area contributed by atoms with E-state index in [0.717, 1.165) is 5.69 Å². The molecule has 0 spiro atoms. The molecule has 154 valence electrons. The first kappa shape index (κ1) is 19.9. The zero-order chi connectivity index (χ0) is 21.3. The van der Waals surface area contributed by atoms with E-state index in [9.17, 15) is 13.6 Å². The van der Waals surface area contributed by atoms with E-state index in [2.05, 4.69) is 20.5 Å². The fourth-order valence-corrected chi connectivity index (χ4v) is 3.87. The number of carbonyl (C=O) groups excluding carboxylic acids is 1. The van der Waals surface area contributed by atoms with Gasteiger partial charge in [-0.05, 0) is 61.7 Å². The van der Waals surface area contributed by atoms with Crippen molar-refractivity contribution in [1.29, 1.82) is 0 Å². The Hall–Kier alpha value is -3.42. The molecule has 0 bridgehead atoms. The van der Waals surface area contributed by atoms with Crippen LogP contribution in [0, 0.1) is 12.7 Å². The van der Waals surface area contributed by atoms with Crippen LogP contribution in [0.2, 0.25) is 0 Å². The molecule has 2 aromatic heterocycles. The molecule has 30 heavy (non-hydrogen) atoms. The highest BCUT2D eigenvalue weighted by molar-refractivity contribution is 5.94. The second-order valence-electron chi connectivity index (χ2n) is 7.67. The molecule has 0 saturated heterocycles. The minimum atomic E-state index is -0.843. The van der Waals surface area contributed by atoms with Gasteiger partial charge in [0.15, 0.2) is 0 Å². The smallest absolute Gasteiger partial charge is 0.248 e. The first-order valence-corrected chi connectivity index (χ1v) is 9.61. The normalized spacial score (nSPS) is 20.4. The summed E-state index contributed by atoms with van der Waals surface area (Å²) in [5, 5.41) is 11.5. The van der Waals surface area contributed by atoms with Crippen LogP contribution in [0.1, 0.15) is 34.5 Å². The van der Waals surface area contributed by atoms with Gasteiger partial charge in [-0.2, -0.15) is 0 Å². The van der Waals surface area contributed by atoms with Gasteiger partial charge in [-0.1, -0.05) is 6.07 Å². The van der Waals surface area contributed by atoms with Gasteiger partial charge in [-0.3, -0.25) is 9.78 Å². The van der Waals surface area contributed by atoms with E-state index in [4.69, 9.17) is 5.73 Å². The molecule has 1 fully saturated rings. The Morgan fingerprint density at radius 2 is 2.03 bits per heavy atom. The highest BCUT2D eigenvalue weighted by Crippen LogP contribution is 2.44. The number of hydrogen-bond acceptors (Lipinski definition) is 5. The lowest BCUT2D eigenvalue weighted by atomic mass is 9.65. The van der Waals surface area contributed by atoms with Crippen molar-refractivity contribution in [2.24, 2.45) is 5.73 Å². The summed E-state index contributed by atoms with van der Waals surface area (Å²) in [7, 11) is 0. The molecule has 1 aromatic carbocycles. The van der Waals surface area contributed by atoms with E-state index in [0.29, 0.717) is 36.5 Å². The zero-order valence-corrected chi connectivity index (χ0v) is 16.4. The highest BCUT2D eigenvalue weighted by atomic mass is 19.1. The van der Waals surface area contributed by atoms with Crippen LogP contribution in [-0.2, 0) is 5.41 Å². The maximum absolute atomic E-state index is 14.3. The molecular formula is C22H21F2N5O. The van der Waals surface area contributed by atoms with Crippen LogP contribution in [0.25, 0.3) is 11.3 Å². The molecule has 8 heteroatoms. The molecule has 3 N–H and O–H groups in total. The maximum atomic E-state index is 14.3. The number of carbonyl (C=O) groups is 1. The molecule has 6 nitrogen and oxygen atoms in total. The van der Waals surface area contributed by atoms with Gasteiger partial charge >= 0.3 is 0 Å². The molecule has 3 aromatic rings. The molecule has 0 radical (unpaired) electrons. The molecule has 0 unspecified atom stereocenters. The molecule has 0 aliphatic heterocycles. The van der Waals surface area contributed by atoms with Gasteiger partial charge in [-0.25, -0.2) is 8.78 Å². The van der Waals surface area contributed by atoms with Crippen molar-refractivity contribution in [2.45, 2.75) is 31.4 Å². The van der Waals surface area contributed by atoms with Gasteiger partial charge in [0.2, 0.25) is 5.91 Å². The average Bonchev–Trinajstić information content (AvgIpc) is 2.71. The van der Waals surface area contributed by atoms with Gasteiger partial charge in [0, 0.05) is 35.0 Å². The molecule has 0 atom stereocenters. The number of amides is 1. The number of rotatable bonds is 6. The quantitative estimate of drug-likeness (QED) is 0.649. The number of pyridine rings is 1. The third kappa shape index (κ3) is 3.72. The van der Waals surface area contributed by atoms with Crippen LogP contribution in [0.15, 0.2) is 48.7 Å². The molecule has 1 amide bonds. The molecule has 1 aliphatic carbocycles. The number of benzene rings is 1. The number of hydrogen-bond donors (Lipinski definition) is 2. The van der Waals surface area contributed by atoms with E-state index >= 15 is 0 Å². The highest BCUT2D eigenvalue weighted by Gasteiger charge is 2.47. The first-order chi connectivity index (χ1) is 14.4. The lowest BCUT2D eigenvalue weighted by Crippen LogP contribution is -2.48. The maximum Gasteiger partial charge on any atom is 0.248 e. The second-order valence-corrected chi connectivity index (χ2v) is 7.67. The fourth-order valence-electron chi connectivity index (χ4n) is 3.87. The lowest BCUT2D eigenvalue weighted by Gasteiger charge is -2.44. The predicted octanol–water partition coefficient (Wildman–Crippen LogP) is 3.57. The number of aromatic nitrogens is 3. The molecule has 1 saturated carbocycles. The Morgan fingerprint density at radius 1 is 1.23 bits per heavy atom. The van der Waals surface area contributed by atoms with Crippen LogP contribution >= 0.6 is 0 Å². The van der Waals surface area contributed by atoms with Crippen molar-refractivity contribution in [3.8, 4) is 11.3 Å². The van der Waals surface area contributed by atoms with Crippen molar-refractivity contribution in [3.63, 3.8) is 0 Å². The number of primary amides is 1. The Bertz CT molecular complexity index is 1080. The number of nitrogens with one attached hydrogen (secondary N) is 1. The number of anilines is 1. The number of halogens is 2. The minimum Gasteiger partial charge on any atom is -0.368 e. The van der Waals surface area contributed by atoms with Crippen molar-refractivity contribution in [2.75, 3.05) is 11.9 Å². The topological polar surface area (TPSA) is 93.8 Å². The summed E-state index contributed by atoms with van der Waals surface area (Å²) < 4.78 is 28.0. The number of nitrogens with two attached hydrogens (primary N) is 1. The monoisotopic (exact) mass is 409 g/mol. The standard InChI is InChI=1S/C22H21F2N5O/c1-13-8-19(27-12-22(10-15(23)11-22)18-4-2-3-7-26-18)28-29-20(13)16-9-14(21(25)30)5-6-17(16)24/h2-9,15H,10-12H2,1H3,(H2,25,30)(H,27,28). The van der Waals surface area contributed by atoms with Crippen LogP contribution in [0.4, 0.5) is 14.6 Å².